The summed E-state index contributed by atoms with van der Waals surface area (Å²) < 4.78 is 0.974. The smallest absolute Gasteiger partial charge is 0.246 e. The fraction of sp³-hybridized carbons (Fsp3) is 0.357. The topological polar surface area (TPSA) is 40.5 Å². The Balaban J connectivity index is 2.01. The lowest BCUT2D eigenvalue weighted by Gasteiger charge is -2.43. The Labute approximate surface area is 115 Å². The number of carbonyl (C=O) groups is 1. The molecule has 4 heteroatoms. The van der Waals surface area contributed by atoms with Crippen LogP contribution in [0.2, 0.25) is 0 Å². The molecule has 1 heterocycles. The second kappa shape index (κ2) is 4.86. The first-order valence-electron chi connectivity index (χ1n) is 5.83. The Morgan fingerprint density at radius 3 is 2.72 bits per heavy atom. The van der Waals surface area contributed by atoms with Gasteiger partial charge in [-0.2, -0.15) is 0 Å². The van der Waals surface area contributed by atoms with Crippen molar-refractivity contribution in [1.82, 2.24) is 4.90 Å². The standard InChI is InChI=1S/C14H16BrNO2/c1-10-3-4-11(12(15)7-10)5-6-13(17)16-8-14(2,18)9-16/h3-7,18H,8-9H2,1-2H3. The zero-order chi connectivity index (χ0) is 13.3. The molecule has 0 spiro atoms. The molecule has 0 unspecified atom stereocenters. The lowest BCUT2D eigenvalue weighted by atomic mass is 9.97. The van der Waals surface area contributed by atoms with Crippen molar-refractivity contribution >= 4 is 27.9 Å². The number of hydrogen-bond donors (Lipinski definition) is 1. The molecule has 2 rings (SSSR count). The molecule has 1 N–H and O–H groups in total. The highest BCUT2D eigenvalue weighted by Crippen LogP contribution is 2.22. The minimum atomic E-state index is -0.714. The third-order valence-corrected chi connectivity index (χ3v) is 3.62. The number of β-amino-alcohol motifs (C(OH)–C–C–N with tert-alkyl or cyclic N) is 1. The highest BCUT2D eigenvalue weighted by Gasteiger charge is 2.38. The largest absolute Gasteiger partial charge is 0.386 e. The maximum Gasteiger partial charge on any atom is 0.246 e. The third-order valence-electron chi connectivity index (χ3n) is 2.94. The van der Waals surface area contributed by atoms with Gasteiger partial charge in [-0.1, -0.05) is 28.1 Å². The highest BCUT2D eigenvalue weighted by molar-refractivity contribution is 9.10. The lowest BCUT2D eigenvalue weighted by Crippen LogP contribution is -2.61. The van der Waals surface area contributed by atoms with E-state index in [9.17, 15) is 9.90 Å². The van der Waals surface area contributed by atoms with Crippen LogP contribution in [0.3, 0.4) is 0 Å². The summed E-state index contributed by atoms with van der Waals surface area (Å²) in [5, 5.41) is 9.57. The molecule has 0 aromatic heterocycles. The van der Waals surface area contributed by atoms with Crippen molar-refractivity contribution < 1.29 is 9.90 Å². The molecule has 1 fully saturated rings. The Morgan fingerprint density at radius 2 is 2.17 bits per heavy atom. The Kier molecular flexibility index (Phi) is 3.59. The monoisotopic (exact) mass is 309 g/mol. The predicted molar refractivity (Wildman–Crippen MR) is 75.1 cm³/mol. The van der Waals surface area contributed by atoms with Crippen molar-refractivity contribution in [2.24, 2.45) is 0 Å². The molecule has 18 heavy (non-hydrogen) atoms. The van der Waals surface area contributed by atoms with Gasteiger partial charge >= 0.3 is 0 Å². The molecule has 1 amide bonds. The number of amides is 1. The molecule has 1 aromatic carbocycles. The average Bonchev–Trinajstić information content (AvgIpc) is 2.24. The maximum atomic E-state index is 11.8. The number of carbonyl (C=O) groups excluding carboxylic acids is 1. The fourth-order valence-corrected chi connectivity index (χ4v) is 2.59. The fourth-order valence-electron chi connectivity index (χ4n) is 1.97. The van der Waals surface area contributed by atoms with E-state index in [1.807, 2.05) is 25.1 Å². The molecular weight excluding hydrogens is 294 g/mol. The zero-order valence-electron chi connectivity index (χ0n) is 10.5. The van der Waals surface area contributed by atoms with Gasteiger partial charge in [-0.05, 0) is 37.1 Å². The number of aryl methyl sites for hydroxylation is 1. The predicted octanol–water partition coefficient (Wildman–Crippen LogP) is 2.36. The molecule has 96 valence electrons. The number of rotatable bonds is 2. The quantitative estimate of drug-likeness (QED) is 0.852. The second-order valence-corrected chi connectivity index (χ2v) is 5.90. The first kappa shape index (κ1) is 13.3. The third kappa shape index (κ3) is 3.00. The van der Waals surface area contributed by atoms with Gasteiger partial charge in [0, 0.05) is 10.5 Å². The number of likely N-dealkylation sites (tertiary alicyclic amines) is 1. The maximum absolute atomic E-state index is 11.8. The van der Waals surface area contributed by atoms with Gasteiger partial charge in [-0.15, -0.1) is 0 Å². The van der Waals surface area contributed by atoms with Crippen LogP contribution >= 0.6 is 15.9 Å². The summed E-state index contributed by atoms with van der Waals surface area (Å²) in [4.78, 5) is 13.4. The van der Waals surface area contributed by atoms with Crippen LogP contribution in [0, 0.1) is 6.92 Å². The Morgan fingerprint density at radius 1 is 1.50 bits per heavy atom. The molecule has 0 atom stereocenters. The van der Waals surface area contributed by atoms with E-state index in [4.69, 9.17) is 0 Å². The molecule has 0 bridgehead atoms. The van der Waals surface area contributed by atoms with E-state index in [2.05, 4.69) is 15.9 Å². The number of nitrogens with zero attached hydrogens (tertiary/aromatic N) is 1. The summed E-state index contributed by atoms with van der Waals surface area (Å²) >= 11 is 3.47. The first-order valence-corrected chi connectivity index (χ1v) is 6.62. The SMILES string of the molecule is Cc1ccc(C=CC(=O)N2CC(C)(O)C2)c(Br)c1. The van der Waals surface area contributed by atoms with Gasteiger partial charge in [0.25, 0.3) is 0 Å². The number of hydrogen-bond acceptors (Lipinski definition) is 2. The van der Waals surface area contributed by atoms with Crippen LogP contribution in [0.5, 0.6) is 0 Å². The molecule has 1 saturated heterocycles. The van der Waals surface area contributed by atoms with Gasteiger partial charge in [0.1, 0.15) is 0 Å². The van der Waals surface area contributed by atoms with Crippen LogP contribution in [0.1, 0.15) is 18.1 Å². The lowest BCUT2D eigenvalue weighted by molar-refractivity contribution is -0.146. The summed E-state index contributed by atoms with van der Waals surface area (Å²) in [6.07, 6.45) is 3.34. The van der Waals surface area contributed by atoms with Crippen molar-refractivity contribution in [3.05, 3.63) is 39.9 Å². The van der Waals surface area contributed by atoms with Crippen molar-refractivity contribution in [3.8, 4) is 0 Å². The Bertz CT molecular complexity index is 501. The average molecular weight is 310 g/mol. The molecule has 1 aliphatic heterocycles. The second-order valence-electron chi connectivity index (χ2n) is 5.05. The normalized spacial score (nSPS) is 17.9. The van der Waals surface area contributed by atoms with Crippen LogP contribution < -0.4 is 0 Å². The van der Waals surface area contributed by atoms with Crippen molar-refractivity contribution in [3.63, 3.8) is 0 Å². The summed E-state index contributed by atoms with van der Waals surface area (Å²) in [5.41, 5.74) is 1.43. The van der Waals surface area contributed by atoms with E-state index in [1.165, 1.54) is 5.56 Å². The number of benzene rings is 1. The van der Waals surface area contributed by atoms with Crippen LogP contribution in [-0.4, -0.2) is 34.6 Å². The summed E-state index contributed by atoms with van der Waals surface area (Å²) in [5.74, 6) is -0.0611. The van der Waals surface area contributed by atoms with Crippen LogP contribution in [-0.2, 0) is 4.79 Å². The molecule has 0 aliphatic carbocycles. The molecule has 1 aliphatic rings. The van der Waals surface area contributed by atoms with Crippen molar-refractivity contribution in [2.75, 3.05) is 13.1 Å². The molecule has 0 radical (unpaired) electrons. The molecule has 3 nitrogen and oxygen atoms in total. The van der Waals surface area contributed by atoms with Crippen LogP contribution in [0.15, 0.2) is 28.7 Å². The van der Waals surface area contributed by atoms with Gasteiger partial charge in [0.15, 0.2) is 0 Å². The van der Waals surface area contributed by atoms with Crippen molar-refractivity contribution in [1.29, 1.82) is 0 Å². The molecule has 1 aromatic rings. The van der Waals surface area contributed by atoms with Crippen LogP contribution in [0.4, 0.5) is 0 Å². The summed E-state index contributed by atoms with van der Waals surface area (Å²) in [6.45, 7) is 4.57. The minimum absolute atomic E-state index is 0.0611. The first-order chi connectivity index (χ1) is 8.37. The Hall–Kier alpha value is -1.13. The van der Waals surface area contributed by atoms with Gasteiger partial charge < -0.3 is 10.0 Å². The highest BCUT2D eigenvalue weighted by atomic mass is 79.9. The number of halogens is 1. The van der Waals surface area contributed by atoms with Crippen LogP contribution in [0.25, 0.3) is 6.08 Å². The molecular formula is C14H16BrNO2. The van der Waals surface area contributed by atoms with Gasteiger partial charge in [-0.3, -0.25) is 4.79 Å². The van der Waals surface area contributed by atoms with E-state index < -0.39 is 5.60 Å². The zero-order valence-corrected chi connectivity index (χ0v) is 12.1. The summed E-state index contributed by atoms with van der Waals surface area (Å²) in [6, 6.07) is 5.98. The van der Waals surface area contributed by atoms with Gasteiger partial charge in [0.05, 0.1) is 18.7 Å². The minimum Gasteiger partial charge on any atom is -0.386 e. The van der Waals surface area contributed by atoms with E-state index in [0.717, 1.165) is 10.0 Å². The van der Waals surface area contributed by atoms with E-state index in [-0.39, 0.29) is 5.91 Å². The molecule has 0 saturated carbocycles. The van der Waals surface area contributed by atoms with E-state index in [0.29, 0.717) is 13.1 Å². The van der Waals surface area contributed by atoms with Crippen molar-refractivity contribution in [2.45, 2.75) is 19.4 Å². The van der Waals surface area contributed by atoms with Gasteiger partial charge in [0.2, 0.25) is 5.91 Å². The number of aliphatic hydroxyl groups is 1. The van der Waals surface area contributed by atoms with Gasteiger partial charge in [-0.25, -0.2) is 0 Å². The summed E-state index contributed by atoms with van der Waals surface area (Å²) in [7, 11) is 0. The van der Waals surface area contributed by atoms with E-state index in [1.54, 1.807) is 24.0 Å². The van der Waals surface area contributed by atoms with E-state index >= 15 is 0 Å².